The summed E-state index contributed by atoms with van der Waals surface area (Å²) in [7, 11) is 3.69. The van der Waals surface area contributed by atoms with Crippen LogP contribution in [0.4, 0.5) is 0 Å². The van der Waals surface area contributed by atoms with Crippen LogP contribution >= 0.6 is 0 Å². The van der Waals surface area contributed by atoms with E-state index in [-0.39, 0.29) is 11.9 Å². The van der Waals surface area contributed by atoms with Crippen LogP contribution in [0.15, 0.2) is 84.9 Å². The second-order valence-corrected chi connectivity index (χ2v) is 6.98. The molecule has 0 radical (unpaired) electrons. The fourth-order valence-corrected chi connectivity index (χ4v) is 3.29. The van der Waals surface area contributed by atoms with Crippen molar-refractivity contribution in [3.63, 3.8) is 0 Å². The number of quaternary nitrogens is 1. The molecule has 0 fully saturated rings. The quantitative estimate of drug-likeness (QED) is 0.636. The van der Waals surface area contributed by atoms with Gasteiger partial charge in [0.05, 0.1) is 20.2 Å². The summed E-state index contributed by atoms with van der Waals surface area (Å²) in [6.07, 6.45) is 0. The van der Waals surface area contributed by atoms with Crippen LogP contribution in [0, 0.1) is 0 Å². The SMILES string of the molecule is COc1ccc(C[NH+](C)CC(=O)NC(c2ccccc2)c2ccccc2)cc1. The van der Waals surface area contributed by atoms with Gasteiger partial charge in [0.25, 0.3) is 5.91 Å². The molecule has 144 valence electrons. The van der Waals surface area contributed by atoms with E-state index in [0.29, 0.717) is 6.54 Å². The fourth-order valence-electron chi connectivity index (χ4n) is 3.29. The number of carbonyl (C=O) groups is 1. The number of nitrogens with one attached hydrogen (secondary N) is 2. The molecule has 3 aromatic carbocycles. The lowest BCUT2D eigenvalue weighted by Gasteiger charge is -2.21. The molecule has 0 heterocycles. The van der Waals surface area contributed by atoms with Gasteiger partial charge in [0.2, 0.25) is 0 Å². The lowest BCUT2D eigenvalue weighted by atomic mass is 9.99. The minimum Gasteiger partial charge on any atom is -0.497 e. The number of ether oxygens (including phenoxy) is 1. The van der Waals surface area contributed by atoms with Gasteiger partial charge in [-0.2, -0.15) is 0 Å². The molecule has 0 spiro atoms. The van der Waals surface area contributed by atoms with Gasteiger partial charge in [-0.25, -0.2) is 0 Å². The standard InChI is InChI=1S/C24H26N2O2/c1-26(17-19-13-15-22(28-2)16-14-19)18-23(27)25-24(20-9-5-3-6-10-20)21-11-7-4-8-12-21/h3-16,24H,17-18H2,1-2H3,(H,25,27)/p+1. The fraction of sp³-hybridized carbons (Fsp3) is 0.208. The number of benzene rings is 3. The monoisotopic (exact) mass is 375 g/mol. The summed E-state index contributed by atoms with van der Waals surface area (Å²) >= 11 is 0. The molecule has 4 nitrogen and oxygen atoms in total. The zero-order valence-corrected chi connectivity index (χ0v) is 16.4. The van der Waals surface area contributed by atoms with Gasteiger partial charge >= 0.3 is 0 Å². The molecule has 1 unspecified atom stereocenters. The van der Waals surface area contributed by atoms with Crippen molar-refractivity contribution < 1.29 is 14.4 Å². The first kappa shape index (κ1) is 19.6. The number of methoxy groups -OCH3 is 1. The Morgan fingerprint density at radius 3 is 1.93 bits per heavy atom. The van der Waals surface area contributed by atoms with Gasteiger partial charge in [0, 0.05) is 5.56 Å². The van der Waals surface area contributed by atoms with Crippen molar-refractivity contribution in [1.29, 1.82) is 0 Å². The van der Waals surface area contributed by atoms with E-state index in [9.17, 15) is 4.79 Å². The highest BCUT2D eigenvalue weighted by molar-refractivity contribution is 5.77. The maximum absolute atomic E-state index is 12.7. The van der Waals surface area contributed by atoms with E-state index >= 15 is 0 Å². The number of hydrogen-bond acceptors (Lipinski definition) is 2. The normalized spacial score (nSPS) is 11.8. The Hall–Kier alpha value is -3.11. The Morgan fingerprint density at radius 1 is 0.893 bits per heavy atom. The summed E-state index contributed by atoms with van der Waals surface area (Å²) in [5.41, 5.74) is 3.33. The van der Waals surface area contributed by atoms with E-state index in [1.807, 2.05) is 92.0 Å². The van der Waals surface area contributed by atoms with Crippen molar-refractivity contribution in [1.82, 2.24) is 5.32 Å². The molecule has 3 aromatic rings. The number of amides is 1. The zero-order valence-electron chi connectivity index (χ0n) is 16.4. The van der Waals surface area contributed by atoms with Crippen LogP contribution in [0.1, 0.15) is 22.7 Å². The number of hydrogen-bond donors (Lipinski definition) is 2. The molecule has 0 aliphatic heterocycles. The number of rotatable bonds is 8. The Kier molecular flexibility index (Phi) is 6.82. The summed E-state index contributed by atoms with van der Waals surface area (Å²) < 4.78 is 5.20. The van der Waals surface area contributed by atoms with E-state index in [1.165, 1.54) is 5.56 Å². The smallest absolute Gasteiger partial charge is 0.275 e. The van der Waals surface area contributed by atoms with Crippen molar-refractivity contribution >= 4 is 5.91 Å². The molecule has 0 saturated carbocycles. The molecule has 3 rings (SSSR count). The Balaban J connectivity index is 1.64. The third-order valence-corrected chi connectivity index (χ3v) is 4.70. The van der Waals surface area contributed by atoms with E-state index in [2.05, 4.69) is 5.32 Å². The highest BCUT2D eigenvalue weighted by Crippen LogP contribution is 2.21. The zero-order chi connectivity index (χ0) is 19.8. The largest absolute Gasteiger partial charge is 0.497 e. The van der Waals surface area contributed by atoms with Gasteiger partial charge in [-0.1, -0.05) is 60.7 Å². The number of likely N-dealkylation sites (N-methyl/N-ethyl adjacent to an activating group) is 1. The maximum atomic E-state index is 12.7. The van der Waals surface area contributed by atoms with Crippen LogP contribution in [0.25, 0.3) is 0 Å². The molecule has 4 heteroatoms. The van der Waals surface area contributed by atoms with Crippen molar-refractivity contribution in [2.45, 2.75) is 12.6 Å². The highest BCUT2D eigenvalue weighted by Gasteiger charge is 2.19. The van der Waals surface area contributed by atoms with E-state index in [1.54, 1.807) is 7.11 Å². The molecule has 1 amide bonds. The molecular weight excluding hydrogens is 348 g/mol. The van der Waals surface area contributed by atoms with Gasteiger partial charge in [0.15, 0.2) is 6.54 Å². The van der Waals surface area contributed by atoms with Crippen molar-refractivity contribution in [2.24, 2.45) is 0 Å². The first-order chi connectivity index (χ1) is 13.7. The van der Waals surface area contributed by atoms with Crippen LogP contribution in [0.3, 0.4) is 0 Å². The van der Waals surface area contributed by atoms with E-state index in [0.717, 1.165) is 28.3 Å². The molecule has 1 atom stereocenters. The van der Waals surface area contributed by atoms with Crippen molar-refractivity contribution in [3.05, 3.63) is 102 Å². The molecule has 0 aromatic heterocycles. The molecular formula is C24H27N2O2+. The molecule has 0 aliphatic carbocycles. The van der Waals surface area contributed by atoms with Crippen LogP contribution in [-0.2, 0) is 11.3 Å². The van der Waals surface area contributed by atoms with Gasteiger partial charge in [-0.05, 0) is 35.4 Å². The van der Waals surface area contributed by atoms with Gasteiger partial charge < -0.3 is 15.0 Å². The average Bonchev–Trinajstić information content (AvgIpc) is 2.74. The van der Waals surface area contributed by atoms with Crippen LogP contribution in [0.2, 0.25) is 0 Å². The van der Waals surface area contributed by atoms with Crippen molar-refractivity contribution in [3.8, 4) is 5.75 Å². The van der Waals surface area contributed by atoms with Crippen LogP contribution < -0.4 is 15.0 Å². The molecule has 28 heavy (non-hydrogen) atoms. The lowest BCUT2D eigenvalue weighted by molar-refractivity contribution is -0.885. The van der Waals surface area contributed by atoms with E-state index in [4.69, 9.17) is 4.74 Å². The summed E-state index contributed by atoms with van der Waals surface area (Å²) in [6, 6.07) is 28.0. The predicted octanol–water partition coefficient (Wildman–Crippen LogP) is 2.62. The Morgan fingerprint density at radius 2 is 1.43 bits per heavy atom. The summed E-state index contributed by atoms with van der Waals surface area (Å²) in [4.78, 5) is 13.9. The van der Waals surface area contributed by atoms with Gasteiger partial charge in [-0.3, -0.25) is 4.79 Å². The second-order valence-electron chi connectivity index (χ2n) is 6.98. The molecule has 2 N–H and O–H groups in total. The minimum absolute atomic E-state index is 0.0312. The summed E-state index contributed by atoms with van der Waals surface area (Å²) in [5.74, 6) is 0.872. The summed E-state index contributed by atoms with van der Waals surface area (Å²) in [6.45, 7) is 1.18. The third-order valence-electron chi connectivity index (χ3n) is 4.70. The average molecular weight is 375 g/mol. The molecule has 0 bridgehead atoms. The topological polar surface area (TPSA) is 42.8 Å². The Bertz CT molecular complexity index is 825. The molecule has 0 aliphatic rings. The Labute approximate surface area is 166 Å². The van der Waals surface area contributed by atoms with Gasteiger partial charge in [-0.15, -0.1) is 0 Å². The van der Waals surface area contributed by atoms with Crippen LogP contribution in [0.5, 0.6) is 5.75 Å². The molecule has 0 saturated heterocycles. The predicted molar refractivity (Wildman–Crippen MR) is 111 cm³/mol. The highest BCUT2D eigenvalue weighted by atomic mass is 16.5. The minimum atomic E-state index is -0.149. The number of carbonyl (C=O) groups excluding carboxylic acids is 1. The first-order valence-corrected chi connectivity index (χ1v) is 9.49. The lowest BCUT2D eigenvalue weighted by Crippen LogP contribution is -3.08. The maximum Gasteiger partial charge on any atom is 0.275 e. The first-order valence-electron chi connectivity index (χ1n) is 9.49. The second kappa shape index (κ2) is 9.72. The van der Waals surface area contributed by atoms with E-state index < -0.39 is 0 Å². The third kappa shape index (κ3) is 5.44. The van der Waals surface area contributed by atoms with Crippen molar-refractivity contribution in [2.75, 3.05) is 20.7 Å². The summed E-state index contributed by atoms with van der Waals surface area (Å²) in [5, 5.41) is 3.20. The van der Waals surface area contributed by atoms with Crippen LogP contribution in [-0.4, -0.2) is 26.6 Å². The van der Waals surface area contributed by atoms with Gasteiger partial charge in [0.1, 0.15) is 12.3 Å².